The van der Waals surface area contributed by atoms with E-state index in [0.717, 1.165) is 11.1 Å². The fraction of sp³-hybridized carbons (Fsp3) is 0.0909. The molecule has 0 fully saturated rings. The van der Waals surface area contributed by atoms with Gasteiger partial charge in [-0.05, 0) is 11.1 Å². The number of hydroxylamine groups is 1. The van der Waals surface area contributed by atoms with E-state index >= 15 is 0 Å². The summed E-state index contributed by atoms with van der Waals surface area (Å²) >= 11 is 0. The minimum atomic E-state index is -0.467. The van der Waals surface area contributed by atoms with Gasteiger partial charge in [0, 0.05) is 5.56 Å². The lowest BCUT2D eigenvalue weighted by Crippen LogP contribution is -2.32. The largest absolute Gasteiger partial charge is 0.390 e. The highest BCUT2D eigenvalue weighted by Gasteiger charge is 2.15. The average Bonchev–Trinajstić information content (AvgIpc) is 2.73. The van der Waals surface area contributed by atoms with E-state index in [9.17, 15) is 4.79 Å². The van der Waals surface area contributed by atoms with Gasteiger partial charge in [0.25, 0.3) is 5.91 Å². The van der Waals surface area contributed by atoms with Crippen molar-refractivity contribution in [3.05, 3.63) is 108 Å². The molecule has 0 spiro atoms. The highest BCUT2D eigenvalue weighted by atomic mass is 16.7. The van der Waals surface area contributed by atoms with Gasteiger partial charge in [-0.3, -0.25) is 9.63 Å². The van der Waals surface area contributed by atoms with Crippen molar-refractivity contribution in [2.75, 3.05) is 0 Å². The van der Waals surface area contributed by atoms with Crippen LogP contribution in [0.15, 0.2) is 96.2 Å². The molecule has 0 atom stereocenters. The lowest BCUT2D eigenvalue weighted by atomic mass is 10.1. The summed E-state index contributed by atoms with van der Waals surface area (Å²) in [6.45, 7) is 0.537. The maximum Gasteiger partial charge on any atom is 0.297 e. The Morgan fingerprint density at radius 2 is 1.26 bits per heavy atom. The highest BCUT2D eigenvalue weighted by Crippen LogP contribution is 2.06. The van der Waals surface area contributed by atoms with Crippen LogP contribution in [0, 0.1) is 0 Å². The summed E-state index contributed by atoms with van der Waals surface area (Å²) in [7, 11) is 0. The Balaban J connectivity index is 1.64. The molecule has 0 radical (unpaired) electrons. The Labute approximate surface area is 158 Å². The zero-order valence-corrected chi connectivity index (χ0v) is 14.7. The maximum absolute atomic E-state index is 12.5. The Kier molecular flexibility index (Phi) is 6.72. The second-order valence-electron chi connectivity index (χ2n) is 5.77. The van der Waals surface area contributed by atoms with E-state index in [-0.39, 0.29) is 18.9 Å². The van der Waals surface area contributed by atoms with Crippen molar-refractivity contribution < 1.29 is 14.5 Å². The highest BCUT2D eigenvalue weighted by molar-refractivity contribution is 6.44. The summed E-state index contributed by atoms with van der Waals surface area (Å²) in [5.41, 5.74) is 5.15. The van der Waals surface area contributed by atoms with Crippen LogP contribution in [0.5, 0.6) is 0 Å². The topological polar surface area (TPSA) is 59.9 Å². The number of nitrogens with zero attached hydrogens (tertiary/aromatic N) is 1. The van der Waals surface area contributed by atoms with Crippen molar-refractivity contribution in [3.63, 3.8) is 0 Å². The Hall–Kier alpha value is -3.44. The average molecular weight is 360 g/mol. The summed E-state index contributed by atoms with van der Waals surface area (Å²) in [5, 5.41) is 4.04. The van der Waals surface area contributed by atoms with Crippen LogP contribution in [0.25, 0.3) is 0 Å². The summed E-state index contributed by atoms with van der Waals surface area (Å²) < 4.78 is 0. The van der Waals surface area contributed by atoms with Crippen molar-refractivity contribution in [2.24, 2.45) is 5.16 Å². The second-order valence-corrected chi connectivity index (χ2v) is 5.77. The lowest BCUT2D eigenvalue weighted by molar-refractivity contribution is -0.127. The zero-order valence-electron chi connectivity index (χ0n) is 14.7. The van der Waals surface area contributed by atoms with E-state index in [1.54, 1.807) is 12.1 Å². The van der Waals surface area contributed by atoms with E-state index in [2.05, 4.69) is 10.6 Å². The number of rotatable bonds is 8. The monoisotopic (exact) mass is 360 g/mol. The molecule has 136 valence electrons. The van der Waals surface area contributed by atoms with Crippen LogP contribution in [-0.2, 0) is 27.7 Å². The number of benzene rings is 3. The summed E-state index contributed by atoms with van der Waals surface area (Å²) in [6.07, 6.45) is 0. The maximum atomic E-state index is 12.5. The van der Waals surface area contributed by atoms with Crippen molar-refractivity contribution in [2.45, 2.75) is 13.2 Å². The Bertz CT molecular complexity index is 866. The number of hydrogen-bond donors (Lipinski definition) is 1. The molecule has 3 rings (SSSR count). The van der Waals surface area contributed by atoms with Gasteiger partial charge >= 0.3 is 0 Å². The molecule has 0 saturated carbocycles. The zero-order chi connectivity index (χ0) is 18.7. The molecule has 0 unspecified atom stereocenters. The van der Waals surface area contributed by atoms with Gasteiger partial charge in [0.1, 0.15) is 6.61 Å². The molecule has 5 nitrogen and oxygen atoms in total. The quantitative estimate of drug-likeness (QED) is 0.490. The third kappa shape index (κ3) is 5.80. The van der Waals surface area contributed by atoms with Gasteiger partial charge in [0.15, 0.2) is 5.71 Å². The molecular weight excluding hydrogens is 340 g/mol. The number of hydrogen-bond acceptors (Lipinski definition) is 4. The van der Waals surface area contributed by atoms with Crippen LogP contribution in [0.1, 0.15) is 16.7 Å². The van der Waals surface area contributed by atoms with E-state index in [1.807, 2.05) is 78.9 Å². The molecule has 0 aromatic heterocycles. The molecule has 3 aromatic carbocycles. The fourth-order valence-corrected chi connectivity index (χ4v) is 2.37. The molecule has 3 aromatic rings. The van der Waals surface area contributed by atoms with Gasteiger partial charge < -0.3 is 4.84 Å². The van der Waals surface area contributed by atoms with Crippen LogP contribution >= 0.6 is 0 Å². The van der Waals surface area contributed by atoms with Crippen LogP contribution in [0.4, 0.5) is 0 Å². The van der Waals surface area contributed by atoms with Crippen LogP contribution in [-0.4, -0.2) is 11.6 Å². The van der Waals surface area contributed by atoms with Crippen LogP contribution in [0.2, 0.25) is 0 Å². The van der Waals surface area contributed by atoms with Crippen molar-refractivity contribution in [1.82, 2.24) is 5.48 Å². The molecule has 0 aliphatic heterocycles. The Morgan fingerprint density at radius 3 is 1.85 bits per heavy atom. The molecular formula is C22H20N2O3. The van der Waals surface area contributed by atoms with Gasteiger partial charge in [-0.15, -0.1) is 0 Å². The number of amides is 1. The first kappa shape index (κ1) is 18.4. The molecule has 0 aliphatic rings. The smallest absolute Gasteiger partial charge is 0.297 e. The van der Waals surface area contributed by atoms with Crippen LogP contribution in [0.3, 0.4) is 0 Å². The van der Waals surface area contributed by atoms with E-state index < -0.39 is 5.91 Å². The SMILES string of the molecule is O=C(NOCc1ccccc1)/C(=N\OCc1ccccc1)c1ccccc1. The molecule has 27 heavy (non-hydrogen) atoms. The number of carbonyl (C=O) groups is 1. The molecule has 1 amide bonds. The summed E-state index contributed by atoms with van der Waals surface area (Å²) in [5.74, 6) is -0.467. The predicted octanol–water partition coefficient (Wildman–Crippen LogP) is 3.86. The van der Waals surface area contributed by atoms with E-state index in [1.165, 1.54) is 0 Å². The number of oxime groups is 1. The van der Waals surface area contributed by atoms with Crippen molar-refractivity contribution in [3.8, 4) is 0 Å². The molecule has 0 aliphatic carbocycles. The first-order valence-electron chi connectivity index (χ1n) is 8.58. The molecule has 5 heteroatoms. The van der Waals surface area contributed by atoms with Gasteiger partial charge in [-0.1, -0.05) is 96.2 Å². The lowest BCUT2D eigenvalue weighted by Gasteiger charge is -2.09. The van der Waals surface area contributed by atoms with Crippen molar-refractivity contribution in [1.29, 1.82) is 0 Å². The minimum absolute atomic E-state index is 0.152. The molecule has 1 N–H and O–H groups in total. The number of nitrogens with one attached hydrogen (secondary N) is 1. The van der Waals surface area contributed by atoms with E-state index in [0.29, 0.717) is 5.56 Å². The third-order valence-corrected chi connectivity index (χ3v) is 3.74. The van der Waals surface area contributed by atoms with Gasteiger partial charge in [-0.2, -0.15) is 0 Å². The fourth-order valence-electron chi connectivity index (χ4n) is 2.37. The second kappa shape index (κ2) is 9.89. The Morgan fingerprint density at radius 1 is 0.741 bits per heavy atom. The molecule has 0 heterocycles. The summed E-state index contributed by atoms with van der Waals surface area (Å²) in [4.78, 5) is 23.2. The normalized spacial score (nSPS) is 11.0. The first-order chi connectivity index (χ1) is 13.3. The van der Waals surface area contributed by atoms with Gasteiger partial charge in [-0.25, -0.2) is 5.48 Å². The summed E-state index contributed by atoms with van der Waals surface area (Å²) in [6, 6.07) is 28.3. The standard InChI is InChI=1S/C22H20N2O3/c25-22(24-27-17-19-12-6-2-7-13-19)21(20-14-8-3-9-15-20)23-26-16-18-10-4-1-5-11-18/h1-15H,16-17H2,(H,24,25)/b23-21-. The van der Waals surface area contributed by atoms with Crippen molar-refractivity contribution >= 4 is 11.6 Å². The molecule has 0 bridgehead atoms. The molecule has 0 saturated heterocycles. The van der Waals surface area contributed by atoms with E-state index in [4.69, 9.17) is 9.68 Å². The minimum Gasteiger partial charge on any atom is -0.390 e. The van der Waals surface area contributed by atoms with Crippen LogP contribution < -0.4 is 5.48 Å². The number of carbonyl (C=O) groups excluding carboxylic acids is 1. The predicted molar refractivity (Wildman–Crippen MR) is 104 cm³/mol. The van der Waals surface area contributed by atoms with Gasteiger partial charge in [0.05, 0.1) is 6.61 Å². The first-order valence-corrected chi connectivity index (χ1v) is 8.58. The van der Waals surface area contributed by atoms with Gasteiger partial charge in [0.2, 0.25) is 0 Å². The third-order valence-electron chi connectivity index (χ3n) is 3.74.